The van der Waals surface area contributed by atoms with E-state index in [1.807, 2.05) is 6.07 Å². The Morgan fingerprint density at radius 1 is 0.815 bits per heavy atom. The number of para-hydroxylation sites is 1. The van der Waals surface area contributed by atoms with Crippen molar-refractivity contribution in [1.82, 2.24) is 4.57 Å². The molecule has 2 N–H and O–H groups in total. The van der Waals surface area contributed by atoms with E-state index in [1.165, 1.54) is 33.3 Å². The Balaban J connectivity index is 1.83. The van der Waals surface area contributed by atoms with Crippen molar-refractivity contribution in [2.75, 3.05) is 5.73 Å². The number of hydrogen-bond donors (Lipinski definition) is 1. The molecule has 0 radical (unpaired) electrons. The fourth-order valence-electron chi connectivity index (χ4n) is 3.91. The Morgan fingerprint density at radius 3 is 2.33 bits per heavy atom. The standard InChI is InChI=1S/C25H20N2/c26-20-14-15-25-23(17-20)22-16-19(18-8-3-1-4-9-18)10-7-13-24(22)27(25)21-11-5-2-6-12-21/h1-9,11-17H,10,26H2. The van der Waals surface area contributed by atoms with Gasteiger partial charge in [-0.3, -0.25) is 0 Å². The fraction of sp³-hybridized carbons (Fsp3) is 0.0400. The Bertz CT molecular complexity index is 1180. The quantitative estimate of drug-likeness (QED) is 0.431. The molecule has 0 saturated heterocycles. The lowest BCUT2D eigenvalue weighted by molar-refractivity contribution is 1.10. The molecule has 5 rings (SSSR count). The van der Waals surface area contributed by atoms with Gasteiger partial charge in [-0.25, -0.2) is 0 Å². The van der Waals surface area contributed by atoms with Gasteiger partial charge in [-0.1, -0.05) is 54.6 Å². The molecule has 0 atom stereocenters. The van der Waals surface area contributed by atoms with E-state index in [2.05, 4.69) is 95.6 Å². The smallest absolute Gasteiger partial charge is 0.0542 e. The van der Waals surface area contributed by atoms with Gasteiger partial charge in [-0.05, 0) is 60.0 Å². The van der Waals surface area contributed by atoms with Crippen LogP contribution in [0.2, 0.25) is 0 Å². The van der Waals surface area contributed by atoms with Gasteiger partial charge in [-0.2, -0.15) is 0 Å². The summed E-state index contributed by atoms with van der Waals surface area (Å²) in [4.78, 5) is 0. The van der Waals surface area contributed by atoms with E-state index in [0.29, 0.717) is 0 Å². The molecule has 0 spiro atoms. The van der Waals surface area contributed by atoms with Gasteiger partial charge in [0, 0.05) is 22.3 Å². The minimum absolute atomic E-state index is 0.790. The molecule has 0 unspecified atom stereocenters. The molecule has 1 aliphatic carbocycles. The molecule has 1 heterocycles. The molecule has 0 saturated carbocycles. The summed E-state index contributed by atoms with van der Waals surface area (Å²) >= 11 is 0. The highest BCUT2D eigenvalue weighted by molar-refractivity contribution is 6.01. The van der Waals surface area contributed by atoms with Gasteiger partial charge in [0.1, 0.15) is 0 Å². The maximum Gasteiger partial charge on any atom is 0.0542 e. The van der Waals surface area contributed by atoms with Crippen molar-refractivity contribution in [3.05, 3.63) is 102 Å². The normalized spacial score (nSPS) is 13.3. The van der Waals surface area contributed by atoms with Crippen molar-refractivity contribution in [3.8, 4) is 5.69 Å². The second-order valence-electron chi connectivity index (χ2n) is 6.89. The van der Waals surface area contributed by atoms with E-state index >= 15 is 0 Å². The topological polar surface area (TPSA) is 30.9 Å². The molecule has 130 valence electrons. The first-order valence-electron chi connectivity index (χ1n) is 9.23. The van der Waals surface area contributed by atoms with Gasteiger partial charge in [0.2, 0.25) is 0 Å². The predicted molar refractivity (Wildman–Crippen MR) is 116 cm³/mol. The van der Waals surface area contributed by atoms with E-state index < -0.39 is 0 Å². The molecule has 27 heavy (non-hydrogen) atoms. The van der Waals surface area contributed by atoms with Crippen molar-refractivity contribution in [2.45, 2.75) is 6.42 Å². The van der Waals surface area contributed by atoms with Crippen molar-refractivity contribution in [1.29, 1.82) is 0 Å². The molecular weight excluding hydrogens is 328 g/mol. The fourth-order valence-corrected chi connectivity index (χ4v) is 3.91. The summed E-state index contributed by atoms with van der Waals surface area (Å²) in [6.07, 6.45) is 7.74. The molecule has 0 fully saturated rings. The lowest BCUT2D eigenvalue weighted by Gasteiger charge is -2.08. The largest absolute Gasteiger partial charge is 0.399 e. The minimum atomic E-state index is 0.790. The zero-order valence-corrected chi connectivity index (χ0v) is 15.0. The molecule has 2 heteroatoms. The van der Waals surface area contributed by atoms with Crippen molar-refractivity contribution < 1.29 is 0 Å². The van der Waals surface area contributed by atoms with Gasteiger partial charge in [0.05, 0.1) is 11.2 Å². The summed E-state index contributed by atoms with van der Waals surface area (Å²) < 4.78 is 2.32. The van der Waals surface area contributed by atoms with E-state index in [1.54, 1.807) is 0 Å². The molecule has 2 nitrogen and oxygen atoms in total. The first-order chi connectivity index (χ1) is 13.3. The molecule has 0 bridgehead atoms. The first-order valence-corrected chi connectivity index (χ1v) is 9.23. The predicted octanol–water partition coefficient (Wildman–Crippen LogP) is 6.17. The number of nitrogens with two attached hydrogens (primary N) is 1. The summed E-state index contributed by atoms with van der Waals surface area (Å²) in [6, 6.07) is 27.3. The molecule has 0 aliphatic heterocycles. The summed E-state index contributed by atoms with van der Waals surface area (Å²) in [5, 5.41) is 1.19. The Labute approximate surface area is 158 Å². The number of allylic oxidation sites excluding steroid dienone is 2. The highest BCUT2D eigenvalue weighted by Crippen LogP contribution is 2.37. The van der Waals surface area contributed by atoms with Crippen LogP contribution in [-0.2, 0) is 0 Å². The van der Waals surface area contributed by atoms with Crippen LogP contribution in [0, 0.1) is 0 Å². The monoisotopic (exact) mass is 348 g/mol. The van der Waals surface area contributed by atoms with E-state index in [9.17, 15) is 0 Å². The van der Waals surface area contributed by atoms with Crippen LogP contribution in [0.1, 0.15) is 23.2 Å². The van der Waals surface area contributed by atoms with Crippen LogP contribution in [0.5, 0.6) is 0 Å². The summed E-state index contributed by atoms with van der Waals surface area (Å²) in [5.74, 6) is 0. The third-order valence-electron chi connectivity index (χ3n) is 5.16. The molecule has 1 aliphatic rings. The first kappa shape index (κ1) is 15.7. The average molecular weight is 348 g/mol. The molecule has 3 aromatic carbocycles. The van der Waals surface area contributed by atoms with Crippen LogP contribution in [0.25, 0.3) is 34.3 Å². The number of aromatic nitrogens is 1. The third kappa shape index (κ3) is 2.67. The van der Waals surface area contributed by atoms with Crippen molar-refractivity contribution in [2.24, 2.45) is 0 Å². The zero-order valence-electron chi connectivity index (χ0n) is 15.0. The van der Waals surface area contributed by atoms with Gasteiger partial charge in [-0.15, -0.1) is 0 Å². The zero-order chi connectivity index (χ0) is 18.2. The molecule has 1 aromatic heterocycles. The average Bonchev–Trinajstić information content (AvgIpc) is 2.86. The number of fused-ring (bicyclic) bond motifs is 3. The van der Waals surface area contributed by atoms with Crippen LogP contribution in [0.3, 0.4) is 0 Å². The maximum absolute atomic E-state index is 6.14. The second-order valence-corrected chi connectivity index (χ2v) is 6.89. The second kappa shape index (κ2) is 6.33. The van der Waals surface area contributed by atoms with E-state index in [4.69, 9.17) is 5.73 Å². The number of anilines is 1. The Morgan fingerprint density at radius 2 is 1.56 bits per heavy atom. The van der Waals surface area contributed by atoms with Crippen molar-refractivity contribution in [3.63, 3.8) is 0 Å². The highest BCUT2D eigenvalue weighted by atomic mass is 15.0. The lowest BCUT2D eigenvalue weighted by atomic mass is 10.0. The van der Waals surface area contributed by atoms with Gasteiger partial charge in [0.25, 0.3) is 0 Å². The third-order valence-corrected chi connectivity index (χ3v) is 5.16. The van der Waals surface area contributed by atoms with Gasteiger partial charge in [0.15, 0.2) is 0 Å². The highest BCUT2D eigenvalue weighted by Gasteiger charge is 2.18. The van der Waals surface area contributed by atoms with Gasteiger partial charge < -0.3 is 10.3 Å². The summed E-state index contributed by atoms with van der Waals surface area (Å²) in [5.41, 5.74) is 14.3. The van der Waals surface area contributed by atoms with Crippen LogP contribution in [0.15, 0.2) is 84.9 Å². The van der Waals surface area contributed by atoms with E-state index in [-0.39, 0.29) is 0 Å². The van der Waals surface area contributed by atoms with Crippen LogP contribution >= 0.6 is 0 Å². The van der Waals surface area contributed by atoms with Crippen LogP contribution in [0.4, 0.5) is 5.69 Å². The number of rotatable bonds is 2. The van der Waals surface area contributed by atoms with Gasteiger partial charge >= 0.3 is 0 Å². The minimum Gasteiger partial charge on any atom is -0.399 e. The number of hydrogen-bond acceptors (Lipinski definition) is 1. The maximum atomic E-state index is 6.14. The number of nitrogen functional groups attached to an aromatic ring is 1. The van der Waals surface area contributed by atoms with Crippen LogP contribution < -0.4 is 5.73 Å². The Hall–Kier alpha value is -3.52. The number of benzene rings is 3. The summed E-state index contributed by atoms with van der Waals surface area (Å²) in [7, 11) is 0. The van der Waals surface area contributed by atoms with Crippen molar-refractivity contribution >= 4 is 34.3 Å². The molecule has 4 aromatic rings. The number of nitrogens with zero attached hydrogens (tertiary/aromatic N) is 1. The summed E-state index contributed by atoms with van der Waals surface area (Å²) in [6.45, 7) is 0. The lowest BCUT2D eigenvalue weighted by Crippen LogP contribution is -1.96. The van der Waals surface area contributed by atoms with E-state index in [0.717, 1.165) is 17.8 Å². The SMILES string of the molecule is Nc1ccc2c(c1)c1c(n2-c2ccccc2)C=CCC(c2ccccc2)=C1. The molecule has 0 amide bonds. The molecular formula is C25H20N2. The van der Waals surface area contributed by atoms with Crippen LogP contribution in [-0.4, -0.2) is 4.57 Å². The Kier molecular flexibility index (Phi) is 3.68.